The molecule has 0 radical (unpaired) electrons. The molecular weight excluding hydrogens is 214 g/mol. The molecule has 1 atom stereocenters. The maximum absolute atomic E-state index is 11.3. The van der Waals surface area contributed by atoms with Crippen LogP contribution in [0.2, 0.25) is 0 Å². The zero-order chi connectivity index (χ0) is 12.3. The molecule has 86 valence electrons. The predicted octanol–water partition coefficient (Wildman–Crippen LogP) is 1.76. The van der Waals surface area contributed by atoms with Crippen molar-refractivity contribution in [1.29, 1.82) is 0 Å². The molecule has 4 heteroatoms. The van der Waals surface area contributed by atoms with Gasteiger partial charge in [-0.25, -0.2) is 4.98 Å². The molecule has 0 aliphatic rings. The molecule has 0 fully saturated rings. The van der Waals surface area contributed by atoms with E-state index < -0.39 is 0 Å². The van der Waals surface area contributed by atoms with Gasteiger partial charge >= 0.3 is 0 Å². The summed E-state index contributed by atoms with van der Waals surface area (Å²) >= 11 is 0. The van der Waals surface area contributed by atoms with Crippen LogP contribution in [0.5, 0.6) is 0 Å². The molecule has 2 aromatic rings. The van der Waals surface area contributed by atoms with Gasteiger partial charge in [0, 0.05) is 0 Å². The highest BCUT2D eigenvalue weighted by Crippen LogP contribution is 2.15. The van der Waals surface area contributed by atoms with Gasteiger partial charge in [-0.3, -0.25) is 4.79 Å². The van der Waals surface area contributed by atoms with Gasteiger partial charge in [-0.15, -0.1) is 0 Å². The summed E-state index contributed by atoms with van der Waals surface area (Å²) in [5.74, 6) is 5.44. The highest BCUT2D eigenvalue weighted by molar-refractivity contribution is 5.93. The summed E-state index contributed by atoms with van der Waals surface area (Å²) in [4.78, 5) is 18.9. The van der Waals surface area contributed by atoms with Crippen LogP contribution in [0.4, 0.5) is 0 Å². The lowest BCUT2D eigenvalue weighted by Crippen LogP contribution is -2.25. The Morgan fingerprint density at radius 3 is 2.94 bits per heavy atom. The lowest BCUT2D eigenvalue weighted by molar-refractivity contribution is -0.116. The number of carbonyl (C=O) groups is 1. The van der Waals surface area contributed by atoms with Crippen molar-refractivity contribution in [3.63, 3.8) is 0 Å². The summed E-state index contributed by atoms with van der Waals surface area (Å²) in [5, 5.41) is 2.75. The molecule has 1 aromatic heterocycles. The van der Waals surface area contributed by atoms with Gasteiger partial charge < -0.3 is 10.3 Å². The standard InChI is InChI=1S/C13H13N3O/c1-3-6-12(17)14-9(2)13-15-10-7-4-5-8-11(10)16-13/h4-5,7-9H,1-2H3,(H,14,17)(H,15,16). The second-order valence-corrected chi connectivity index (χ2v) is 3.71. The Hall–Kier alpha value is -2.28. The topological polar surface area (TPSA) is 57.8 Å². The normalized spacial score (nSPS) is 11.6. The van der Waals surface area contributed by atoms with E-state index in [2.05, 4.69) is 27.1 Å². The third kappa shape index (κ3) is 2.45. The summed E-state index contributed by atoms with van der Waals surface area (Å²) in [5.41, 5.74) is 1.86. The minimum absolute atomic E-state index is 0.184. The molecule has 17 heavy (non-hydrogen) atoms. The number of para-hydroxylation sites is 2. The molecule has 4 nitrogen and oxygen atoms in total. The molecule has 1 unspecified atom stereocenters. The van der Waals surface area contributed by atoms with Gasteiger partial charge in [-0.2, -0.15) is 0 Å². The van der Waals surface area contributed by atoms with Crippen LogP contribution in [0.15, 0.2) is 24.3 Å². The highest BCUT2D eigenvalue weighted by atomic mass is 16.1. The number of hydrogen-bond donors (Lipinski definition) is 2. The van der Waals surface area contributed by atoms with Crippen molar-refractivity contribution >= 4 is 16.9 Å². The highest BCUT2D eigenvalue weighted by Gasteiger charge is 2.11. The van der Waals surface area contributed by atoms with E-state index in [1.165, 1.54) is 0 Å². The number of hydrogen-bond acceptors (Lipinski definition) is 2. The second kappa shape index (κ2) is 4.71. The zero-order valence-electron chi connectivity index (χ0n) is 9.74. The zero-order valence-corrected chi connectivity index (χ0v) is 9.74. The van der Waals surface area contributed by atoms with Gasteiger partial charge in [0.1, 0.15) is 5.82 Å². The van der Waals surface area contributed by atoms with Crippen LogP contribution in [0.25, 0.3) is 11.0 Å². The maximum atomic E-state index is 11.3. The van der Waals surface area contributed by atoms with Gasteiger partial charge in [-0.1, -0.05) is 18.1 Å². The fourth-order valence-electron chi connectivity index (χ4n) is 1.59. The number of amides is 1. The van der Waals surface area contributed by atoms with Gasteiger partial charge in [0.05, 0.1) is 17.1 Å². The van der Waals surface area contributed by atoms with Crippen LogP contribution in [0.3, 0.4) is 0 Å². The molecule has 0 aliphatic heterocycles. The Bertz CT molecular complexity index is 571. The molecule has 1 amide bonds. The van der Waals surface area contributed by atoms with Crippen molar-refractivity contribution in [1.82, 2.24) is 15.3 Å². The summed E-state index contributed by atoms with van der Waals surface area (Å²) in [6, 6.07) is 7.56. The second-order valence-electron chi connectivity index (χ2n) is 3.71. The van der Waals surface area contributed by atoms with Crippen LogP contribution in [0, 0.1) is 11.8 Å². The minimum Gasteiger partial charge on any atom is -0.340 e. The molecule has 0 saturated heterocycles. The smallest absolute Gasteiger partial charge is 0.296 e. The first kappa shape index (κ1) is 11.2. The van der Waals surface area contributed by atoms with Crippen LogP contribution < -0.4 is 5.32 Å². The third-order valence-corrected chi connectivity index (χ3v) is 2.40. The molecular formula is C13H13N3O. The van der Waals surface area contributed by atoms with Crippen LogP contribution in [-0.2, 0) is 4.79 Å². The first-order valence-corrected chi connectivity index (χ1v) is 5.38. The monoisotopic (exact) mass is 227 g/mol. The van der Waals surface area contributed by atoms with E-state index in [0.29, 0.717) is 0 Å². The number of rotatable bonds is 2. The summed E-state index contributed by atoms with van der Waals surface area (Å²) in [6.45, 7) is 3.50. The van der Waals surface area contributed by atoms with E-state index in [1.54, 1.807) is 6.92 Å². The summed E-state index contributed by atoms with van der Waals surface area (Å²) < 4.78 is 0. The molecule has 2 rings (SSSR count). The number of fused-ring (bicyclic) bond motifs is 1. The van der Waals surface area contributed by atoms with Crippen molar-refractivity contribution in [3.05, 3.63) is 30.1 Å². The first-order chi connectivity index (χ1) is 8.20. The van der Waals surface area contributed by atoms with E-state index in [4.69, 9.17) is 0 Å². The average molecular weight is 227 g/mol. The number of H-pyrrole nitrogens is 1. The number of aromatic nitrogens is 2. The number of aromatic amines is 1. The predicted molar refractivity (Wildman–Crippen MR) is 66.1 cm³/mol. The summed E-state index contributed by atoms with van der Waals surface area (Å²) in [7, 11) is 0. The van der Waals surface area contributed by atoms with Crippen molar-refractivity contribution in [2.75, 3.05) is 0 Å². The summed E-state index contributed by atoms with van der Waals surface area (Å²) in [6.07, 6.45) is 0. The number of nitrogens with one attached hydrogen (secondary N) is 2. The van der Waals surface area contributed by atoms with Crippen LogP contribution in [-0.4, -0.2) is 15.9 Å². The average Bonchev–Trinajstić information content (AvgIpc) is 2.72. The maximum Gasteiger partial charge on any atom is 0.296 e. The van der Waals surface area contributed by atoms with E-state index >= 15 is 0 Å². The lowest BCUT2D eigenvalue weighted by Gasteiger charge is -2.07. The van der Waals surface area contributed by atoms with Gasteiger partial charge in [0.2, 0.25) is 0 Å². The Morgan fingerprint density at radius 1 is 1.47 bits per heavy atom. The Kier molecular flexibility index (Phi) is 3.10. The van der Waals surface area contributed by atoms with Crippen LogP contribution >= 0.6 is 0 Å². The number of carbonyl (C=O) groups excluding carboxylic acids is 1. The number of nitrogens with zero attached hydrogens (tertiary/aromatic N) is 1. The molecule has 2 N–H and O–H groups in total. The molecule has 1 aromatic carbocycles. The van der Waals surface area contributed by atoms with Crippen molar-refractivity contribution < 1.29 is 4.79 Å². The molecule has 1 heterocycles. The molecule has 0 spiro atoms. The lowest BCUT2D eigenvalue weighted by atomic mass is 10.3. The molecule has 0 bridgehead atoms. The van der Waals surface area contributed by atoms with E-state index in [9.17, 15) is 4.79 Å². The van der Waals surface area contributed by atoms with Crippen molar-refractivity contribution in [2.24, 2.45) is 0 Å². The minimum atomic E-state index is -0.291. The quantitative estimate of drug-likeness (QED) is 0.768. The van der Waals surface area contributed by atoms with E-state index in [1.807, 2.05) is 31.2 Å². The first-order valence-electron chi connectivity index (χ1n) is 5.38. The van der Waals surface area contributed by atoms with Gasteiger partial charge in [0.15, 0.2) is 0 Å². The van der Waals surface area contributed by atoms with Crippen molar-refractivity contribution in [3.8, 4) is 11.8 Å². The number of benzene rings is 1. The molecule has 0 saturated carbocycles. The Balaban J connectivity index is 2.20. The fraction of sp³-hybridized carbons (Fsp3) is 0.231. The SMILES string of the molecule is CC#CC(=O)NC(C)c1nc2ccccc2[nH]1. The Labute approximate surface area is 99.4 Å². The van der Waals surface area contributed by atoms with Gasteiger partial charge in [-0.05, 0) is 31.9 Å². The molecule has 0 aliphatic carbocycles. The largest absolute Gasteiger partial charge is 0.340 e. The Morgan fingerprint density at radius 2 is 2.24 bits per heavy atom. The third-order valence-electron chi connectivity index (χ3n) is 2.40. The van der Waals surface area contributed by atoms with E-state index in [0.717, 1.165) is 16.9 Å². The fourth-order valence-corrected chi connectivity index (χ4v) is 1.59. The van der Waals surface area contributed by atoms with Crippen LogP contribution in [0.1, 0.15) is 25.7 Å². The van der Waals surface area contributed by atoms with Gasteiger partial charge in [0.25, 0.3) is 5.91 Å². The van der Waals surface area contributed by atoms with E-state index in [-0.39, 0.29) is 11.9 Å². The van der Waals surface area contributed by atoms with Crippen molar-refractivity contribution in [2.45, 2.75) is 19.9 Å². The number of imidazole rings is 1.